The quantitative estimate of drug-likeness (QED) is 0.307. The third kappa shape index (κ3) is 8.66. The first-order chi connectivity index (χ1) is 23.7. The Bertz CT molecular complexity index is 1460. The second-order valence-electron chi connectivity index (χ2n) is 14.9. The van der Waals surface area contributed by atoms with Gasteiger partial charge in [-0.3, -0.25) is 9.52 Å². The van der Waals surface area contributed by atoms with Crippen molar-refractivity contribution in [2.75, 3.05) is 51.4 Å². The molecule has 2 aromatic carbocycles. The molecule has 2 aromatic rings. The summed E-state index contributed by atoms with van der Waals surface area (Å²) >= 11 is 6.51. The maximum Gasteiger partial charge on any atom is 0.263 e. The van der Waals surface area contributed by atoms with Crippen molar-refractivity contribution in [3.05, 3.63) is 58.1 Å². The predicted molar refractivity (Wildman–Crippen MR) is 198 cm³/mol. The lowest BCUT2D eigenvalue weighted by Crippen LogP contribution is -2.44. The highest BCUT2D eigenvalue weighted by Gasteiger charge is 2.40. The molecule has 0 spiro atoms. The fourth-order valence-electron chi connectivity index (χ4n) is 8.37. The molecule has 49 heavy (non-hydrogen) atoms. The number of benzene rings is 2. The molecule has 2 bridgehead atoms. The minimum Gasteiger partial charge on any atom is -0.491 e. The molecule has 2 fully saturated rings. The van der Waals surface area contributed by atoms with Crippen LogP contribution in [0.4, 0.5) is 5.69 Å². The van der Waals surface area contributed by atoms with Gasteiger partial charge in [-0.15, -0.1) is 0 Å². The Hall–Kier alpha value is -2.17. The molecule has 1 amide bonds. The van der Waals surface area contributed by atoms with Crippen molar-refractivity contribution in [1.82, 2.24) is 10.0 Å². The van der Waals surface area contributed by atoms with E-state index in [1.807, 2.05) is 25.1 Å². The number of nitrogens with one attached hydrogen (secondary N) is 2. The molecule has 2 N–H and O–H groups in total. The molecule has 8 nitrogen and oxygen atoms in total. The Kier molecular flexibility index (Phi) is 12.6. The van der Waals surface area contributed by atoms with E-state index in [2.05, 4.69) is 40.9 Å². The molecular weight excluding hydrogens is 658 g/mol. The minimum atomic E-state index is -1.49. The van der Waals surface area contributed by atoms with Gasteiger partial charge in [-0.1, -0.05) is 44.4 Å². The summed E-state index contributed by atoms with van der Waals surface area (Å²) in [6, 6.07) is 12.0. The van der Waals surface area contributed by atoms with Gasteiger partial charge in [-0.05, 0) is 111 Å². The lowest BCUT2D eigenvalue weighted by atomic mass is 9.65. The summed E-state index contributed by atoms with van der Waals surface area (Å²) in [6.45, 7) is 11.0. The van der Waals surface area contributed by atoms with Gasteiger partial charge in [0, 0.05) is 49.8 Å². The average molecular weight is 714 g/mol. The van der Waals surface area contributed by atoms with Crippen LogP contribution in [0.1, 0.15) is 93.1 Å². The summed E-state index contributed by atoms with van der Waals surface area (Å²) < 4.78 is 35.1. The Labute approximate surface area is 300 Å². The van der Waals surface area contributed by atoms with Crippen LogP contribution in [-0.4, -0.2) is 74.1 Å². The van der Waals surface area contributed by atoms with Crippen molar-refractivity contribution in [1.29, 1.82) is 0 Å². The van der Waals surface area contributed by atoms with Crippen molar-refractivity contribution in [3.63, 3.8) is 0 Å². The SMILES string of the molecule is CCCCc1cc(Cl)ccc1C1COc2ccc3cc2N(C1)CC1CCC1C(COC1CNCC1OC)CCCC(C)C(C)S(=O)NC3=O. The van der Waals surface area contributed by atoms with E-state index in [4.69, 9.17) is 25.8 Å². The van der Waals surface area contributed by atoms with Crippen LogP contribution in [0.25, 0.3) is 0 Å². The smallest absolute Gasteiger partial charge is 0.263 e. The summed E-state index contributed by atoms with van der Waals surface area (Å²) in [6.07, 6.45) is 8.85. The van der Waals surface area contributed by atoms with Gasteiger partial charge in [-0.25, -0.2) is 4.21 Å². The lowest BCUT2D eigenvalue weighted by Gasteiger charge is -2.45. The van der Waals surface area contributed by atoms with Crippen molar-refractivity contribution in [3.8, 4) is 5.75 Å². The maximum atomic E-state index is 13.5. The number of hydrogen-bond acceptors (Lipinski definition) is 7. The molecule has 1 aliphatic carbocycles. The highest BCUT2D eigenvalue weighted by atomic mass is 35.5. The largest absolute Gasteiger partial charge is 0.491 e. The Morgan fingerprint density at radius 2 is 1.88 bits per heavy atom. The van der Waals surface area contributed by atoms with Crippen LogP contribution in [-0.2, 0) is 26.9 Å². The van der Waals surface area contributed by atoms with Crippen LogP contribution >= 0.6 is 11.6 Å². The van der Waals surface area contributed by atoms with Gasteiger partial charge in [0.15, 0.2) is 0 Å². The number of carbonyl (C=O) groups is 1. The van der Waals surface area contributed by atoms with Gasteiger partial charge < -0.3 is 24.4 Å². The number of amides is 1. The normalized spacial score (nSPS) is 32.4. The molecule has 3 aliphatic heterocycles. The number of nitrogens with zero attached hydrogens (tertiary/aromatic N) is 1. The first-order valence-corrected chi connectivity index (χ1v) is 20.2. The molecular formula is C39H56ClN3O5S. The molecule has 9 unspecified atom stereocenters. The molecule has 0 aromatic heterocycles. The van der Waals surface area contributed by atoms with Crippen molar-refractivity contribution in [2.24, 2.45) is 23.7 Å². The van der Waals surface area contributed by atoms with E-state index in [0.717, 1.165) is 87.8 Å². The van der Waals surface area contributed by atoms with E-state index < -0.39 is 11.0 Å². The first-order valence-electron chi connectivity index (χ1n) is 18.6. The van der Waals surface area contributed by atoms with Gasteiger partial charge in [0.05, 0.1) is 36.4 Å². The van der Waals surface area contributed by atoms with Crippen LogP contribution in [0.3, 0.4) is 0 Å². The van der Waals surface area contributed by atoms with Crippen LogP contribution in [0.2, 0.25) is 5.02 Å². The maximum absolute atomic E-state index is 13.5. The van der Waals surface area contributed by atoms with Gasteiger partial charge in [0.1, 0.15) is 16.7 Å². The second kappa shape index (κ2) is 16.9. The van der Waals surface area contributed by atoms with Gasteiger partial charge in [-0.2, -0.15) is 0 Å². The van der Waals surface area contributed by atoms with E-state index in [-0.39, 0.29) is 35.2 Å². The second-order valence-corrected chi connectivity index (χ2v) is 16.9. The molecule has 6 rings (SSSR count). The molecule has 1 saturated heterocycles. The van der Waals surface area contributed by atoms with Crippen LogP contribution in [0.5, 0.6) is 5.75 Å². The average Bonchev–Trinajstić information content (AvgIpc) is 3.47. The van der Waals surface area contributed by atoms with Crippen LogP contribution in [0.15, 0.2) is 36.4 Å². The number of rotatable bonds is 8. The van der Waals surface area contributed by atoms with Crippen LogP contribution in [0, 0.1) is 23.7 Å². The minimum absolute atomic E-state index is 0.0731. The van der Waals surface area contributed by atoms with E-state index in [1.54, 1.807) is 13.2 Å². The third-order valence-corrected chi connectivity index (χ3v) is 13.6. The summed E-state index contributed by atoms with van der Waals surface area (Å²) in [4.78, 5) is 16.0. The molecule has 3 heterocycles. The summed E-state index contributed by atoms with van der Waals surface area (Å²) in [7, 11) is 0.281. The summed E-state index contributed by atoms with van der Waals surface area (Å²) in [5, 5.41) is 4.04. The van der Waals surface area contributed by atoms with Gasteiger partial charge in [0.25, 0.3) is 5.91 Å². The fraction of sp³-hybridized carbons (Fsp3) is 0.667. The number of halogens is 1. The Morgan fingerprint density at radius 3 is 2.65 bits per heavy atom. The standard InChI is InChI=1S/C39H56ClN3O5S/c1-5-6-9-27-17-32(40)13-15-33(27)31-22-43-21-29-11-14-34(29)30(23-48-38-20-41-19-37(38)46-4)10-7-8-25(2)26(3)49(45)42-39(44)28-12-16-36(47-24-31)35(43)18-28/h12-13,15-18,25-26,29-31,34,37-38,41H,5-11,14,19-24H2,1-4H3,(H,42,44). The number of methoxy groups -OCH3 is 1. The first kappa shape index (κ1) is 36.6. The molecule has 270 valence electrons. The molecule has 9 atom stereocenters. The molecule has 1 saturated carbocycles. The van der Waals surface area contributed by atoms with Gasteiger partial charge in [0.2, 0.25) is 0 Å². The number of unbranched alkanes of at least 4 members (excludes halogenated alkanes) is 1. The Morgan fingerprint density at radius 1 is 1.04 bits per heavy atom. The Balaban J connectivity index is 1.32. The van der Waals surface area contributed by atoms with Crippen molar-refractivity contribution >= 4 is 34.2 Å². The van der Waals surface area contributed by atoms with Crippen LogP contribution < -0.4 is 19.7 Å². The number of hydrogen-bond donors (Lipinski definition) is 2. The molecule has 0 radical (unpaired) electrons. The molecule has 10 heteroatoms. The number of fused-ring (bicyclic) bond motifs is 2. The zero-order valence-electron chi connectivity index (χ0n) is 29.8. The monoisotopic (exact) mass is 713 g/mol. The van der Waals surface area contributed by atoms with E-state index in [9.17, 15) is 9.00 Å². The summed E-state index contributed by atoms with van der Waals surface area (Å²) in [5.74, 6) is 2.36. The number of aryl methyl sites for hydroxylation is 1. The van der Waals surface area contributed by atoms with Crippen molar-refractivity contribution in [2.45, 2.75) is 95.5 Å². The fourth-order valence-corrected chi connectivity index (χ4v) is 9.61. The van der Waals surface area contributed by atoms with Crippen molar-refractivity contribution < 1.29 is 23.2 Å². The predicted octanol–water partition coefficient (Wildman–Crippen LogP) is 6.91. The highest BCUT2D eigenvalue weighted by molar-refractivity contribution is 7.84. The van der Waals surface area contributed by atoms with E-state index in [0.29, 0.717) is 29.9 Å². The molecule has 4 aliphatic rings. The number of carbonyl (C=O) groups excluding carboxylic acids is 1. The highest BCUT2D eigenvalue weighted by Crippen LogP contribution is 2.45. The summed E-state index contributed by atoms with van der Waals surface area (Å²) in [5.41, 5.74) is 4.04. The zero-order valence-corrected chi connectivity index (χ0v) is 31.3. The van der Waals surface area contributed by atoms with E-state index >= 15 is 0 Å². The van der Waals surface area contributed by atoms with E-state index in [1.165, 1.54) is 24.0 Å². The lowest BCUT2D eigenvalue weighted by molar-refractivity contribution is -0.0597. The number of anilines is 1. The van der Waals surface area contributed by atoms with Gasteiger partial charge >= 0.3 is 0 Å². The number of ether oxygens (including phenoxy) is 3. The zero-order chi connectivity index (χ0) is 34.5. The third-order valence-electron chi connectivity index (χ3n) is 11.8. The topological polar surface area (TPSA) is 89.1 Å².